The Labute approximate surface area is 189 Å². The van der Waals surface area contributed by atoms with Crippen molar-refractivity contribution in [2.75, 3.05) is 0 Å². The molecule has 0 radical (unpaired) electrons. The van der Waals surface area contributed by atoms with Gasteiger partial charge in [-0.3, -0.25) is 0 Å². The molecule has 1 heterocycles. The molecule has 7 nitrogen and oxygen atoms in total. The Morgan fingerprint density at radius 2 is 1.64 bits per heavy atom. The summed E-state index contributed by atoms with van der Waals surface area (Å²) in [4.78, 5) is 37.1. The first-order valence-corrected chi connectivity index (χ1v) is 10.3. The van der Waals surface area contributed by atoms with E-state index in [2.05, 4.69) is 5.32 Å². The van der Waals surface area contributed by atoms with E-state index in [-0.39, 0.29) is 12.4 Å². The molecule has 0 bridgehead atoms. The largest absolute Gasteiger partial charge is 0.445 e. The smallest absolute Gasteiger partial charge is 0.408 e. The first-order valence-electron chi connectivity index (χ1n) is 10.3. The van der Waals surface area contributed by atoms with Crippen molar-refractivity contribution in [1.29, 1.82) is 0 Å². The Kier molecular flexibility index (Phi) is 6.50. The van der Waals surface area contributed by atoms with Crippen LogP contribution in [0.5, 0.6) is 5.75 Å². The van der Waals surface area contributed by atoms with Crippen LogP contribution in [0, 0.1) is 6.92 Å². The van der Waals surface area contributed by atoms with Crippen molar-refractivity contribution in [2.24, 2.45) is 0 Å². The standard InChI is InChI=1S/C26H21NO6/c1-17-14-23(28)33-22-15-20(12-13-21(17)22)32-25(29)24(19-10-6-3-7-11-19)27-26(30)31-16-18-8-4-2-5-9-18/h2-15,24H,16H2,1H3,(H,27,30)/t24-/m0/s1. The molecule has 0 aliphatic rings. The van der Waals surface area contributed by atoms with Crippen LogP contribution >= 0.6 is 0 Å². The number of benzene rings is 3. The van der Waals surface area contributed by atoms with Gasteiger partial charge in [0.15, 0.2) is 6.04 Å². The fourth-order valence-electron chi connectivity index (χ4n) is 3.35. The SMILES string of the molecule is Cc1cc(=O)oc2cc(OC(=O)[C@@H](NC(=O)OCc3ccccc3)c3ccccc3)ccc12. The van der Waals surface area contributed by atoms with Crippen LogP contribution in [0.4, 0.5) is 4.79 Å². The molecular weight excluding hydrogens is 422 g/mol. The van der Waals surface area contributed by atoms with E-state index in [1.807, 2.05) is 30.3 Å². The van der Waals surface area contributed by atoms with Gasteiger partial charge in [-0.2, -0.15) is 0 Å². The lowest BCUT2D eigenvalue weighted by atomic mass is 10.1. The lowest BCUT2D eigenvalue weighted by molar-refractivity contribution is -0.136. The topological polar surface area (TPSA) is 94.8 Å². The average molecular weight is 443 g/mol. The Morgan fingerprint density at radius 3 is 2.36 bits per heavy atom. The predicted octanol–water partition coefficient (Wildman–Crippen LogP) is 4.67. The third-order valence-electron chi connectivity index (χ3n) is 4.98. The summed E-state index contributed by atoms with van der Waals surface area (Å²) in [5.41, 5.74) is 1.91. The van der Waals surface area contributed by atoms with Gasteiger partial charge in [-0.1, -0.05) is 60.7 Å². The van der Waals surface area contributed by atoms with Gasteiger partial charge >= 0.3 is 17.7 Å². The third-order valence-corrected chi connectivity index (χ3v) is 4.98. The Balaban J connectivity index is 1.52. The zero-order valence-corrected chi connectivity index (χ0v) is 17.8. The lowest BCUT2D eigenvalue weighted by Crippen LogP contribution is -2.36. The third kappa shape index (κ3) is 5.46. The van der Waals surface area contributed by atoms with E-state index in [0.29, 0.717) is 11.1 Å². The van der Waals surface area contributed by atoms with Crippen LogP contribution in [-0.4, -0.2) is 12.1 Å². The van der Waals surface area contributed by atoms with Crippen molar-refractivity contribution in [3.63, 3.8) is 0 Å². The lowest BCUT2D eigenvalue weighted by Gasteiger charge is -2.18. The minimum atomic E-state index is -1.10. The molecule has 1 amide bonds. The number of carbonyl (C=O) groups is 2. The number of rotatable bonds is 6. The zero-order chi connectivity index (χ0) is 23.2. The molecule has 33 heavy (non-hydrogen) atoms. The number of esters is 1. The molecule has 0 fully saturated rings. The first-order chi connectivity index (χ1) is 16.0. The number of nitrogens with one attached hydrogen (secondary N) is 1. The normalized spacial score (nSPS) is 11.5. The molecule has 0 unspecified atom stereocenters. The Hall–Kier alpha value is -4.39. The van der Waals surface area contributed by atoms with E-state index in [9.17, 15) is 14.4 Å². The number of alkyl carbamates (subject to hydrolysis) is 1. The van der Waals surface area contributed by atoms with Crippen molar-refractivity contribution in [1.82, 2.24) is 5.32 Å². The number of hydrogen-bond acceptors (Lipinski definition) is 6. The molecule has 0 saturated carbocycles. The van der Waals surface area contributed by atoms with Crippen molar-refractivity contribution >= 4 is 23.0 Å². The summed E-state index contributed by atoms with van der Waals surface area (Å²) in [5, 5.41) is 3.30. The summed E-state index contributed by atoms with van der Waals surface area (Å²) >= 11 is 0. The maximum absolute atomic E-state index is 13.0. The summed E-state index contributed by atoms with van der Waals surface area (Å²) in [7, 11) is 0. The van der Waals surface area contributed by atoms with E-state index in [1.165, 1.54) is 12.1 Å². The second-order valence-corrected chi connectivity index (χ2v) is 7.38. The molecule has 3 aromatic carbocycles. The van der Waals surface area contributed by atoms with Crippen LogP contribution in [0.25, 0.3) is 11.0 Å². The molecule has 0 saturated heterocycles. The summed E-state index contributed by atoms with van der Waals surface area (Å²) in [5.74, 6) is -0.533. The summed E-state index contributed by atoms with van der Waals surface area (Å²) in [6.07, 6.45) is -0.759. The summed E-state index contributed by atoms with van der Waals surface area (Å²) < 4.78 is 16.0. The van der Waals surface area contributed by atoms with Crippen LogP contribution in [0.2, 0.25) is 0 Å². The average Bonchev–Trinajstić information content (AvgIpc) is 2.82. The number of ether oxygens (including phenoxy) is 2. The Bertz CT molecular complexity index is 1330. The van der Waals surface area contributed by atoms with Gasteiger partial charge < -0.3 is 19.2 Å². The van der Waals surface area contributed by atoms with Crippen LogP contribution in [0.1, 0.15) is 22.7 Å². The molecule has 4 aromatic rings. The number of fused-ring (bicyclic) bond motifs is 1. The van der Waals surface area contributed by atoms with Crippen LogP contribution in [0.15, 0.2) is 94.1 Å². The van der Waals surface area contributed by atoms with Crippen LogP contribution in [0.3, 0.4) is 0 Å². The maximum atomic E-state index is 13.0. The monoisotopic (exact) mass is 443 g/mol. The van der Waals surface area contributed by atoms with Crippen molar-refractivity contribution in [2.45, 2.75) is 19.6 Å². The van der Waals surface area contributed by atoms with Gasteiger partial charge in [0.1, 0.15) is 17.9 Å². The molecule has 1 aromatic heterocycles. The van der Waals surface area contributed by atoms with Crippen LogP contribution < -0.4 is 15.7 Å². The van der Waals surface area contributed by atoms with Gasteiger partial charge in [-0.05, 0) is 35.7 Å². The van der Waals surface area contributed by atoms with Crippen molar-refractivity contribution in [3.05, 3.63) is 112 Å². The van der Waals surface area contributed by atoms with E-state index in [0.717, 1.165) is 16.5 Å². The number of amides is 1. The second kappa shape index (κ2) is 9.82. The molecule has 166 valence electrons. The van der Waals surface area contributed by atoms with E-state index < -0.39 is 23.7 Å². The summed E-state index contributed by atoms with van der Waals surface area (Å²) in [6.45, 7) is 1.85. The quantitative estimate of drug-likeness (QED) is 0.264. The van der Waals surface area contributed by atoms with Crippen molar-refractivity contribution < 1.29 is 23.5 Å². The van der Waals surface area contributed by atoms with E-state index in [1.54, 1.807) is 49.4 Å². The maximum Gasteiger partial charge on any atom is 0.408 e. The fourth-order valence-corrected chi connectivity index (χ4v) is 3.35. The highest BCUT2D eigenvalue weighted by Gasteiger charge is 2.26. The van der Waals surface area contributed by atoms with Gasteiger partial charge in [0.05, 0.1) is 0 Å². The van der Waals surface area contributed by atoms with Gasteiger partial charge in [-0.25, -0.2) is 14.4 Å². The molecule has 4 rings (SSSR count). The molecule has 0 aliphatic heterocycles. The van der Waals surface area contributed by atoms with E-state index >= 15 is 0 Å². The van der Waals surface area contributed by atoms with Crippen LogP contribution in [-0.2, 0) is 16.1 Å². The molecule has 0 spiro atoms. The molecule has 0 aliphatic carbocycles. The highest BCUT2D eigenvalue weighted by Crippen LogP contribution is 2.24. The second-order valence-electron chi connectivity index (χ2n) is 7.38. The van der Waals surface area contributed by atoms with Gasteiger partial charge in [0.25, 0.3) is 0 Å². The summed E-state index contributed by atoms with van der Waals surface area (Å²) in [6, 6.07) is 23.0. The van der Waals surface area contributed by atoms with Crippen molar-refractivity contribution in [3.8, 4) is 5.75 Å². The van der Waals surface area contributed by atoms with Gasteiger partial charge in [0, 0.05) is 17.5 Å². The fraction of sp³-hybridized carbons (Fsp3) is 0.115. The molecular formula is C26H21NO6. The highest BCUT2D eigenvalue weighted by atomic mass is 16.6. The number of aryl methyl sites for hydroxylation is 1. The highest BCUT2D eigenvalue weighted by molar-refractivity contribution is 5.86. The number of carbonyl (C=O) groups excluding carboxylic acids is 2. The minimum Gasteiger partial charge on any atom is -0.445 e. The first kappa shape index (κ1) is 21.8. The predicted molar refractivity (Wildman–Crippen MR) is 122 cm³/mol. The van der Waals surface area contributed by atoms with E-state index in [4.69, 9.17) is 13.9 Å². The van der Waals surface area contributed by atoms with Gasteiger partial charge in [-0.15, -0.1) is 0 Å². The van der Waals surface area contributed by atoms with Gasteiger partial charge in [0.2, 0.25) is 0 Å². The minimum absolute atomic E-state index is 0.0618. The molecule has 1 N–H and O–H groups in total. The zero-order valence-electron chi connectivity index (χ0n) is 17.8. The molecule has 7 heteroatoms. The molecule has 1 atom stereocenters. The Morgan fingerprint density at radius 1 is 0.939 bits per heavy atom. The number of hydrogen-bond donors (Lipinski definition) is 1.